The first-order valence-electron chi connectivity index (χ1n) is 7.43. The highest BCUT2D eigenvalue weighted by Crippen LogP contribution is 2.19. The average Bonchev–Trinajstić information content (AvgIpc) is 2.64. The molecule has 0 aromatic heterocycles. The molecule has 114 valence electrons. The minimum Gasteiger partial charge on any atom is -0.0985 e. The molecule has 3 aromatic rings. The lowest BCUT2D eigenvalue weighted by atomic mass is 10.0. The van der Waals surface area contributed by atoms with Gasteiger partial charge in [0.15, 0.2) is 0 Å². The van der Waals surface area contributed by atoms with Gasteiger partial charge in [-0.25, -0.2) is 0 Å². The highest BCUT2D eigenvalue weighted by Gasteiger charge is 1.94. The summed E-state index contributed by atoms with van der Waals surface area (Å²) in [5, 5.41) is 0. The van der Waals surface area contributed by atoms with Gasteiger partial charge < -0.3 is 0 Å². The van der Waals surface area contributed by atoms with Crippen molar-refractivity contribution in [3.8, 4) is 11.1 Å². The summed E-state index contributed by atoms with van der Waals surface area (Å²) in [4.78, 5) is 0. The summed E-state index contributed by atoms with van der Waals surface area (Å²) in [6.45, 7) is 3.73. The van der Waals surface area contributed by atoms with Crippen LogP contribution in [-0.4, -0.2) is 0 Å². The molecule has 0 bridgehead atoms. The van der Waals surface area contributed by atoms with Crippen molar-refractivity contribution in [3.05, 3.63) is 108 Å². The second-order valence-corrected chi connectivity index (χ2v) is 5.15. The van der Waals surface area contributed by atoms with E-state index in [4.69, 9.17) is 11.6 Å². The van der Waals surface area contributed by atoms with Crippen LogP contribution < -0.4 is 0 Å². The molecule has 0 unspecified atom stereocenters. The minimum absolute atomic E-state index is 1.13. The van der Waals surface area contributed by atoms with Crippen LogP contribution in [0.4, 0.5) is 0 Å². The van der Waals surface area contributed by atoms with E-state index in [0.29, 0.717) is 0 Å². The third-order valence-corrected chi connectivity index (χ3v) is 3.43. The van der Waals surface area contributed by atoms with Crippen molar-refractivity contribution in [2.24, 2.45) is 0 Å². The van der Waals surface area contributed by atoms with Crippen molar-refractivity contribution in [1.82, 2.24) is 0 Å². The van der Waals surface area contributed by atoms with Gasteiger partial charge in [-0.3, -0.25) is 0 Å². The Morgan fingerprint density at radius 3 is 1.65 bits per heavy atom. The fraction of sp³-hybridized carbons (Fsp3) is 0. The summed E-state index contributed by atoms with van der Waals surface area (Å²) < 4.78 is 0. The predicted octanol–water partition coefficient (Wildman–Crippen LogP) is 6.89. The summed E-state index contributed by atoms with van der Waals surface area (Å²) in [5.41, 5.74) is 6.30. The first-order valence-corrected chi connectivity index (χ1v) is 7.87. The first-order chi connectivity index (χ1) is 11.3. The molecule has 0 saturated heterocycles. The van der Waals surface area contributed by atoms with Crippen LogP contribution in [0, 0.1) is 0 Å². The van der Waals surface area contributed by atoms with Crippen LogP contribution >= 0.6 is 11.6 Å². The molecule has 0 spiro atoms. The third-order valence-electron chi connectivity index (χ3n) is 3.31. The monoisotopic (exact) mass is 318 g/mol. The Balaban J connectivity index is 0.000000185. The first kappa shape index (κ1) is 16.8. The largest absolute Gasteiger partial charge is 0.0985 e. The zero-order valence-corrected chi connectivity index (χ0v) is 13.7. The SMILES string of the molecule is C=Cc1ccc(-c2ccccc2)cc1.ClC=Cc1ccccc1. The quantitative estimate of drug-likeness (QED) is 0.493. The Hall–Kier alpha value is -2.57. The molecule has 0 fully saturated rings. The summed E-state index contributed by atoms with van der Waals surface area (Å²) in [6.07, 6.45) is 3.70. The molecule has 0 nitrogen and oxygen atoms in total. The van der Waals surface area contributed by atoms with E-state index in [1.807, 2.05) is 48.6 Å². The van der Waals surface area contributed by atoms with Crippen LogP contribution in [0.2, 0.25) is 0 Å². The van der Waals surface area contributed by atoms with E-state index in [2.05, 4.69) is 55.1 Å². The molecule has 0 aliphatic rings. The van der Waals surface area contributed by atoms with Gasteiger partial charge in [-0.1, -0.05) is 109 Å². The molecule has 0 radical (unpaired) electrons. The normalized spacial score (nSPS) is 9.96. The zero-order chi connectivity index (χ0) is 16.3. The van der Waals surface area contributed by atoms with Gasteiger partial charge in [-0.05, 0) is 28.3 Å². The van der Waals surface area contributed by atoms with Crippen molar-refractivity contribution in [1.29, 1.82) is 0 Å². The number of halogens is 1. The maximum absolute atomic E-state index is 5.36. The third kappa shape index (κ3) is 5.61. The lowest BCUT2D eigenvalue weighted by molar-refractivity contribution is 1.60. The molecular weight excluding hydrogens is 300 g/mol. The Labute approximate surface area is 143 Å². The second kappa shape index (κ2) is 9.45. The molecule has 0 amide bonds. The van der Waals surface area contributed by atoms with E-state index in [1.165, 1.54) is 16.7 Å². The van der Waals surface area contributed by atoms with Gasteiger partial charge >= 0.3 is 0 Å². The van der Waals surface area contributed by atoms with Crippen LogP contribution in [0.5, 0.6) is 0 Å². The van der Waals surface area contributed by atoms with Gasteiger partial charge in [0.1, 0.15) is 0 Å². The molecule has 0 aliphatic carbocycles. The molecule has 0 atom stereocenters. The maximum Gasteiger partial charge on any atom is 0.00484 e. The standard InChI is InChI=1S/C14H12.C8H7Cl/c1-2-12-8-10-14(11-9-12)13-6-4-3-5-7-13;9-7-6-8-4-2-1-3-5-8/h2-11H,1H2;1-7H. The summed E-state index contributed by atoms with van der Waals surface area (Å²) in [7, 11) is 0. The van der Waals surface area contributed by atoms with Gasteiger partial charge in [0.2, 0.25) is 0 Å². The molecule has 0 heterocycles. The van der Waals surface area contributed by atoms with Crippen molar-refractivity contribution in [2.45, 2.75) is 0 Å². The zero-order valence-electron chi connectivity index (χ0n) is 12.9. The molecule has 3 rings (SSSR count). The molecule has 0 saturated carbocycles. The van der Waals surface area contributed by atoms with Gasteiger partial charge in [-0.15, -0.1) is 0 Å². The molecule has 0 aliphatic heterocycles. The molecule has 0 N–H and O–H groups in total. The van der Waals surface area contributed by atoms with Crippen LogP contribution in [-0.2, 0) is 0 Å². The van der Waals surface area contributed by atoms with Gasteiger partial charge in [-0.2, -0.15) is 0 Å². The lowest BCUT2D eigenvalue weighted by Crippen LogP contribution is -1.76. The van der Waals surface area contributed by atoms with Crippen molar-refractivity contribution >= 4 is 23.8 Å². The Morgan fingerprint density at radius 1 is 0.609 bits per heavy atom. The van der Waals surface area contributed by atoms with Crippen molar-refractivity contribution in [3.63, 3.8) is 0 Å². The number of benzene rings is 3. The molecular formula is C22H19Cl. The molecule has 1 heteroatoms. The number of hydrogen-bond acceptors (Lipinski definition) is 0. The lowest BCUT2D eigenvalue weighted by Gasteiger charge is -2.01. The predicted molar refractivity (Wildman–Crippen MR) is 103 cm³/mol. The smallest absolute Gasteiger partial charge is 0.00484 e. The highest BCUT2D eigenvalue weighted by atomic mass is 35.5. The van der Waals surface area contributed by atoms with E-state index in [0.717, 1.165) is 11.1 Å². The van der Waals surface area contributed by atoms with E-state index >= 15 is 0 Å². The maximum atomic E-state index is 5.36. The van der Waals surface area contributed by atoms with Crippen LogP contribution in [0.1, 0.15) is 11.1 Å². The van der Waals surface area contributed by atoms with Crippen molar-refractivity contribution in [2.75, 3.05) is 0 Å². The summed E-state index contributed by atoms with van der Waals surface area (Å²) in [5.74, 6) is 0. The van der Waals surface area contributed by atoms with Gasteiger partial charge in [0, 0.05) is 5.54 Å². The van der Waals surface area contributed by atoms with Crippen LogP contribution in [0.3, 0.4) is 0 Å². The highest BCUT2D eigenvalue weighted by molar-refractivity contribution is 6.27. The van der Waals surface area contributed by atoms with E-state index in [9.17, 15) is 0 Å². The number of rotatable bonds is 3. The van der Waals surface area contributed by atoms with Crippen LogP contribution in [0.15, 0.2) is 97.0 Å². The Kier molecular flexibility index (Phi) is 6.90. The van der Waals surface area contributed by atoms with Gasteiger partial charge in [0.25, 0.3) is 0 Å². The second-order valence-electron chi connectivity index (χ2n) is 4.90. The van der Waals surface area contributed by atoms with E-state index in [1.54, 1.807) is 0 Å². The topological polar surface area (TPSA) is 0 Å². The minimum atomic E-state index is 1.13. The van der Waals surface area contributed by atoms with Crippen LogP contribution in [0.25, 0.3) is 23.3 Å². The number of hydrogen-bond donors (Lipinski definition) is 0. The Morgan fingerprint density at radius 2 is 1.13 bits per heavy atom. The van der Waals surface area contributed by atoms with E-state index < -0.39 is 0 Å². The summed E-state index contributed by atoms with van der Waals surface area (Å²) >= 11 is 5.36. The van der Waals surface area contributed by atoms with Gasteiger partial charge in [0.05, 0.1) is 0 Å². The fourth-order valence-electron chi connectivity index (χ4n) is 2.08. The fourth-order valence-corrected chi connectivity index (χ4v) is 2.22. The summed E-state index contributed by atoms with van der Waals surface area (Å²) in [6, 6.07) is 28.7. The van der Waals surface area contributed by atoms with Crippen molar-refractivity contribution < 1.29 is 0 Å². The molecule has 23 heavy (non-hydrogen) atoms. The average molecular weight is 319 g/mol. The van der Waals surface area contributed by atoms with E-state index in [-0.39, 0.29) is 0 Å². The Bertz CT molecular complexity index is 726. The molecule has 3 aromatic carbocycles.